The highest BCUT2D eigenvalue weighted by Crippen LogP contribution is 2.35. The Morgan fingerprint density at radius 1 is 1.08 bits per heavy atom. The van der Waals surface area contributed by atoms with E-state index in [0.717, 1.165) is 61.5 Å². The summed E-state index contributed by atoms with van der Waals surface area (Å²) < 4.78 is 2.16. The Hall–Kier alpha value is -2.67. The van der Waals surface area contributed by atoms with Gasteiger partial charge in [-0.1, -0.05) is 30.9 Å². The van der Waals surface area contributed by atoms with Crippen LogP contribution < -0.4 is 5.32 Å². The number of likely N-dealkylation sites (tertiary alicyclic amines) is 1. The lowest BCUT2D eigenvalue weighted by molar-refractivity contribution is -0.141. The summed E-state index contributed by atoms with van der Waals surface area (Å²) >= 11 is 0. The number of fused-ring (bicyclic) bond motifs is 1. The molecule has 2 heterocycles. The van der Waals surface area contributed by atoms with E-state index in [2.05, 4.69) is 33.0 Å². The lowest BCUT2D eigenvalue weighted by Gasteiger charge is -2.35. The summed E-state index contributed by atoms with van der Waals surface area (Å²) in [5.41, 5.74) is 2.84. The molecule has 1 aromatic heterocycles. The highest BCUT2D eigenvalue weighted by molar-refractivity contribution is 6.07. The fourth-order valence-corrected chi connectivity index (χ4v) is 6.28. The molecule has 0 bridgehead atoms. The van der Waals surface area contributed by atoms with E-state index in [1.807, 2.05) is 20.0 Å². The Bertz CT molecular complexity index is 1130. The number of benzene rings is 1. The molecule has 2 aliphatic rings. The van der Waals surface area contributed by atoms with Crippen LogP contribution in [0.25, 0.3) is 10.9 Å². The van der Waals surface area contributed by atoms with Gasteiger partial charge in [-0.2, -0.15) is 0 Å². The lowest BCUT2D eigenvalue weighted by Crippen LogP contribution is -2.45. The number of hydrogen-bond donors (Lipinski definition) is 1. The minimum Gasteiger partial charge on any atom is -0.345 e. The van der Waals surface area contributed by atoms with Gasteiger partial charge in [0.05, 0.1) is 11.6 Å². The van der Waals surface area contributed by atoms with Gasteiger partial charge in [0.15, 0.2) is 0 Å². The average Bonchev–Trinajstić information content (AvgIpc) is 3.50. The minimum atomic E-state index is -0.240. The maximum Gasteiger partial charge on any atom is 0.255 e. The zero-order valence-corrected chi connectivity index (χ0v) is 23.3. The molecule has 0 radical (unpaired) electrons. The molecule has 7 nitrogen and oxygen atoms in total. The summed E-state index contributed by atoms with van der Waals surface area (Å²) in [4.78, 5) is 43.7. The van der Waals surface area contributed by atoms with Crippen LogP contribution in [-0.4, -0.2) is 71.7 Å². The number of carbonyl (C=O) groups is 3. The van der Waals surface area contributed by atoms with Gasteiger partial charge in [0, 0.05) is 62.7 Å². The van der Waals surface area contributed by atoms with Gasteiger partial charge < -0.3 is 19.7 Å². The summed E-state index contributed by atoms with van der Waals surface area (Å²) in [6.45, 7) is 5.32. The average molecular weight is 509 g/mol. The summed E-state index contributed by atoms with van der Waals surface area (Å²) in [5.74, 6) is 0.321. The topological polar surface area (TPSA) is 74.6 Å². The number of amides is 2. The van der Waals surface area contributed by atoms with E-state index < -0.39 is 0 Å². The first-order valence-corrected chi connectivity index (χ1v) is 14.0. The molecule has 7 heteroatoms. The van der Waals surface area contributed by atoms with E-state index in [0.29, 0.717) is 18.5 Å². The molecule has 3 atom stereocenters. The highest BCUT2D eigenvalue weighted by Gasteiger charge is 2.39. The highest BCUT2D eigenvalue weighted by atomic mass is 16.2. The van der Waals surface area contributed by atoms with E-state index >= 15 is 0 Å². The maximum atomic E-state index is 14.1. The Morgan fingerprint density at radius 3 is 2.49 bits per heavy atom. The van der Waals surface area contributed by atoms with Crippen molar-refractivity contribution in [1.82, 2.24) is 19.7 Å². The van der Waals surface area contributed by atoms with Crippen molar-refractivity contribution in [1.29, 1.82) is 0 Å². The third-order valence-corrected chi connectivity index (χ3v) is 8.61. The van der Waals surface area contributed by atoms with Crippen LogP contribution in [0.1, 0.15) is 74.2 Å². The van der Waals surface area contributed by atoms with Crippen molar-refractivity contribution in [3.63, 3.8) is 0 Å². The molecule has 2 amide bonds. The molecule has 37 heavy (non-hydrogen) atoms. The van der Waals surface area contributed by atoms with E-state index in [9.17, 15) is 14.4 Å². The molecular weight excluding hydrogens is 464 g/mol. The zero-order chi connectivity index (χ0) is 26.7. The van der Waals surface area contributed by atoms with Gasteiger partial charge in [0.25, 0.3) is 5.91 Å². The van der Waals surface area contributed by atoms with Crippen molar-refractivity contribution >= 4 is 28.5 Å². The standard InChI is InChI=1S/C30H44N4O3/c1-20-13-14-27-25(16-20)26(29(36)32(4)5)19-33(27)18-23-12-9-15-34(23)30(37)24(17-28(35)21(2)31-3)22-10-7-6-8-11-22/h13-14,16,19,21-24,31H,6-12,15,17-18H2,1-5H3/t21-,23-,24-/m0/s1. The van der Waals surface area contributed by atoms with Crippen LogP contribution >= 0.6 is 0 Å². The van der Waals surface area contributed by atoms with Gasteiger partial charge in [-0.15, -0.1) is 0 Å². The third kappa shape index (κ3) is 5.92. The number of likely N-dealkylation sites (N-methyl/N-ethyl adjacent to an activating group) is 1. The second-order valence-corrected chi connectivity index (χ2v) is 11.4. The molecule has 1 aromatic carbocycles. The van der Waals surface area contributed by atoms with Gasteiger partial charge in [0.2, 0.25) is 5.91 Å². The number of carbonyl (C=O) groups excluding carboxylic acids is 3. The number of hydrogen-bond acceptors (Lipinski definition) is 4. The number of aromatic nitrogens is 1. The first-order chi connectivity index (χ1) is 17.7. The van der Waals surface area contributed by atoms with Crippen LogP contribution in [-0.2, 0) is 16.1 Å². The number of aryl methyl sites for hydroxylation is 1. The first-order valence-electron chi connectivity index (χ1n) is 14.0. The summed E-state index contributed by atoms with van der Waals surface area (Å²) in [7, 11) is 5.36. The fourth-order valence-electron chi connectivity index (χ4n) is 6.28. The predicted octanol–water partition coefficient (Wildman–Crippen LogP) is 4.41. The van der Waals surface area contributed by atoms with Crippen molar-refractivity contribution < 1.29 is 14.4 Å². The largest absolute Gasteiger partial charge is 0.345 e. The van der Waals surface area contributed by atoms with Crippen molar-refractivity contribution in [2.45, 2.75) is 83.8 Å². The quantitative estimate of drug-likeness (QED) is 0.545. The molecule has 1 N–H and O–H groups in total. The second-order valence-electron chi connectivity index (χ2n) is 11.4. The number of nitrogens with one attached hydrogen (secondary N) is 1. The Kier molecular flexibility index (Phi) is 8.73. The third-order valence-electron chi connectivity index (χ3n) is 8.61. The molecule has 0 unspecified atom stereocenters. The van der Waals surface area contributed by atoms with Crippen LogP contribution in [0, 0.1) is 18.8 Å². The Labute approximate surface area is 221 Å². The molecule has 1 saturated heterocycles. The van der Waals surface area contributed by atoms with Crippen LogP contribution in [0.3, 0.4) is 0 Å². The molecule has 202 valence electrons. The number of rotatable bonds is 9. The molecule has 1 saturated carbocycles. The number of ketones is 1. The van der Waals surface area contributed by atoms with Gasteiger partial charge in [0.1, 0.15) is 5.78 Å². The Balaban J connectivity index is 1.60. The van der Waals surface area contributed by atoms with Gasteiger partial charge in [-0.3, -0.25) is 14.4 Å². The van der Waals surface area contributed by atoms with Crippen LogP contribution in [0.5, 0.6) is 0 Å². The van der Waals surface area contributed by atoms with E-state index in [4.69, 9.17) is 0 Å². The van der Waals surface area contributed by atoms with Gasteiger partial charge in [-0.25, -0.2) is 0 Å². The smallest absolute Gasteiger partial charge is 0.255 e. The van der Waals surface area contributed by atoms with Crippen LogP contribution in [0.15, 0.2) is 24.4 Å². The summed E-state index contributed by atoms with van der Waals surface area (Å²) in [5, 5.41) is 4.01. The minimum absolute atomic E-state index is 0.0109. The summed E-state index contributed by atoms with van der Waals surface area (Å²) in [6.07, 6.45) is 9.77. The Morgan fingerprint density at radius 2 is 1.81 bits per heavy atom. The molecule has 1 aliphatic carbocycles. The normalized spacial score (nSPS) is 20.2. The van der Waals surface area contributed by atoms with Gasteiger partial charge >= 0.3 is 0 Å². The predicted molar refractivity (Wildman–Crippen MR) is 148 cm³/mol. The fraction of sp³-hybridized carbons (Fsp3) is 0.633. The number of nitrogens with zero attached hydrogens (tertiary/aromatic N) is 3. The van der Waals surface area contributed by atoms with Crippen LogP contribution in [0.4, 0.5) is 0 Å². The van der Waals surface area contributed by atoms with Gasteiger partial charge in [-0.05, 0) is 64.6 Å². The zero-order valence-electron chi connectivity index (χ0n) is 23.3. The monoisotopic (exact) mass is 508 g/mol. The molecule has 0 spiro atoms. The van der Waals surface area contributed by atoms with E-state index in [-0.39, 0.29) is 41.5 Å². The SMILES string of the molecule is CN[C@@H](C)C(=O)C[C@H](C(=O)N1CCC[C@H]1Cn1cc(C(=O)N(C)C)c2cc(C)ccc21)C1CCCCC1. The van der Waals surface area contributed by atoms with Crippen molar-refractivity contribution in [3.05, 3.63) is 35.5 Å². The van der Waals surface area contributed by atoms with Crippen molar-refractivity contribution in [2.75, 3.05) is 27.7 Å². The molecule has 4 rings (SSSR count). The van der Waals surface area contributed by atoms with Crippen LogP contribution in [0.2, 0.25) is 0 Å². The maximum absolute atomic E-state index is 14.1. The van der Waals surface area contributed by atoms with E-state index in [1.165, 1.54) is 6.42 Å². The van der Waals surface area contributed by atoms with E-state index in [1.54, 1.807) is 26.0 Å². The molecular formula is C30H44N4O3. The summed E-state index contributed by atoms with van der Waals surface area (Å²) in [6, 6.07) is 6.06. The first kappa shape index (κ1) is 27.4. The molecule has 1 aliphatic heterocycles. The number of Topliss-reactive ketones (excluding diaryl/α,β-unsaturated/α-hetero) is 1. The van der Waals surface area contributed by atoms with Crippen molar-refractivity contribution in [2.24, 2.45) is 11.8 Å². The molecule has 2 fully saturated rings. The second kappa shape index (κ2) is 11.8. The lowest BCUT2D eigenvalue weighted by atomic mass is 9.76. The van der Waals surface area contributed by atoms with Crippen molar-refractivity contribution in [3.8, 4) is 0 Å². The molecule has 2 aromatic rings.